The Morgan fingerprint density at radius 1 is 1.19 bits per heavy atom. The largest absolute Gasteiger partial charge is 0.494 e. The summed E-state index contributed by atoms with van der Waals surface area (Å²) < 4.78 is 5.55. The monoisotopic (exact) mass is 291 g/mol. The molecule has 1 aliphatic carbocycles. The maximum absolute atomic E-state index is 11.7. The van der Waals surface area contributed by atoms with Crippen molar-refractivity contribution in [3.05, 3.63) is 30.3 Å². The molecule has 4 heteroatoms. The summed E-state index contributed by atoms with van der Waals surface area (Å²) in [7, 11) is 0. The molecule has 0 radical (unpaired) electrons. The van der Waals surface area contributed by atoms with Crippen molar-refractivity contribution in [3.63, 3.8) is 0 Å². The van der Waals surface area contributed by atoms with Gasteiger partial charge in [-0.1, -0.05) is 18.2 Å². The molecule has 1 aromatic rings. The predicted molar refractivity (Wildman–Crippen MR) is 82.1 cm³/mol. The standard InChI is InChI=1S/C17H25NO3/c19-15-10-8-14(9-11-15)13-18-17(20)7-4-12-21-16-5-2-1-3-6-16/h1-3,5-6,14-15,19H,4,7-13H2,(H,18,20). The van der Waals surface area contributed by atoms with Crippen LogP contribution in [0.4, 0.5) is 0 Å². The van der Waals surface area contributed by atoms with Crippen molar-refractivity contribution in [3.8, 4) is 5.75 Å². The molecule has 0 atom stereocenters. The summed E-state index contributed by atoms with van der Waals surface area (Å²) in [6.07, 6.45) is 4.85. The first-order valence-corrected chi connectivity index (χ1v) is 7.86. The van der Waals surface area contributed by atoms with Gasteiger partial charge in [0, 0.05) is 13.0 Å². The molecule has 1 amide bonds. The van der Waals surface area contributed by atoms with Crippen LogP contribution in [0.5, 0.6) is 5.75 Å². The molecule has 0 heterocycles. The normalized spacial score (nSPS) is 21.8. The van der Waals surface area contributed by atoms with Crippen molar-refractivity contribution in [1.82, 2.24) is 5.32 Å². The van der Waals surface area contributed by atoms with Gasteiger partial charge in [-0.05, 0) is 50.2 Å². The maximum Gasteiger partial charge on any atom is 0.220 e. The zero-order valence-corrected chi connectivity index (χ0v) is 12.5. The number of carbonyl (C=O) groups excluding carboxylic acids is 1. The fourth-order valence-electron chi connectivity index (χ4n) is 2.64. The van der Waals surface area contributed by atoms with Crippen molar-refractivity contribution < 1.29 is 14.6 Å². The highest BCUT2D eigenvalue weighted by Crippen LogP contribution is 2.23. The summed E-state index contributed by atoms with van der Waals surface area (Å²) in [5.41, 5.74) is 0. The van der Waals surface area contributed by atoms with Crippen LogP contribution in [0.15, 0.2) is 30.3 Å². The molecule has 1 aromatic carbocycles. The third kappa shape index (κ3) is 6.17. The van der Waals surface area contributed by atoms with Gasteiger partial charge >= 0.3 is 0 Å². The van der Waals surface area contributed by atoms with E-state index in [-0.39, 0.29) is 12.0 Å². The molecule has 0 unspecified atom stereocenters. The highest BCUT2D eigenvalue weighted by molar-refractivity contribution is 5.75. The summed E-state index contributed by atoms with van der Waals surface area (Å²) in [5.74, 6) is 1.47. The van der Waals surface area contributed by atoms with Crippen LogP contribution in [0.25, 0.3) is 0 Å². The van der Waals surface area contributed by atoms with E-state index >= 15 is 0 Å². The van der Waals surface area contributed by atoms with Crippen LogP contribution in [0.1, 0.15) is 38.5 Å². The predicted octanol–water partition coefficient (Wildman–Crippen LogP) is 2.51. The lowest BCUT2D eigenvalue weighted by atomic mass is 9.87. The maximum atomic E-state index is 11.7. The molecule has 0 aliphatic heterocycles. The average Bonchev–Trinajstić information content (AvgIpc) is 2.52. The molecule has 116 valence electrons. The Bertz CT molecular complexity index is 413. The van der Waals surface area contributed by atoms with Crippen LogP contribution < -0.4 is 10.1 Å². The zero-order chi connectivity index (χ0) is 14.9. The summed E-state index contributed by atoms with van der Waals surface area (Å²) in [6.45, 7) is 1.30. The van der Waals surface area contributed by atoms with Crippen molar-refractivity contribution in [2.75, 3.05) is 13.2 Å². The van der Waals surface area contributed by atoms with E-state index in [1.807, 2.05) is 30.3 Å². The Balaban J connectivity index is 1.51. The Morgan fingerprint density at radius 2 is 1.90 bits per heavy atom. The number of ether oxygens (including phenoxy) is 1. The molecule has 21 heavy (non-hydrogen) atoms. The van der Waals surface area contributed by atoms with Crippen LogP contribution >= 0.6 is 0 Å². The van der Waals surface area contributed by atoms with E-state index in [2.05, 4.69) is 5.32 Å². The molecule has 1 saturated carbocycles. The van der Waals surface area contributed by atoms with Gasteiger partial charge < -0.3 is 15.2 Å². The lowest BCUT2D eigenvalue weighted by Gasteiger charge is -2.25. The number of aliphatic hydroxyl groups is 1. The number of carbonyl (C=O) groups is 1. The average molecular weight is 291 g/mol. The van der Waals surface area contributed by atoms with E-state index in [9.17, 15) is 9.90 Å². The third-order valence-electron chi connectivity index (χ3n) is 3.96. The van der Waals surface area contributed by atoms with Crippen molar-refractivity contribution in [2.24, 2.45) is 5.92 Å². The Kier molecular flexibility index (Phi) is 6.54. The van der Waals surface area contributed by atoms with E-state index in [1.165, 1.54) is 0 Å². The van der Waals surface area contributed by atoms with E-state index in [0.717, 1.165) is 44.4 Å². The lowest BCUT2D eigenvalue weighted by molar-refractivity contribution is -0.121. The van der Waals surface area contributed by atoms with Gasteiger partial charge in [-0.2, -0.15) is 0 Å². The number of hydrogen-bond donors (Lipinski definition) is 2. The summed E-state index contributed by atoms with van der Waals surface area (Å²) >= 11 is 0. The van der Waals surface area contributed by atoms with Crippen LogP contribution in [0.3, 0.4) is 0 Å². The third-order valence-corrected chi connectivity index (χ3v) is 3.96. The highest BCUT2D eigenvalue weighted by Gasteiger charge is 2.19. The topological polar surface area (TPSA) is 58.6 Å². The Labute approximate surface area is 126 Å². The second kappa shape index (κ2) is 8.67. The number of aliphatic hydroxyl groups excluding tert-OH is 1. The minimum Gasteiger partial charge on any atom is -0.494 e. The second-order valence-electron chi connectivity index (χ2n) is 5.74. The van der Waals surface area contributed by atoms with Crippen LogP contribution in [0.2, 0.25) is 0 Å². The molecule has 0 aromatic heterocycles. The zero-order valence-electron chi connectivity index (χ0n) is 12.5. The molecule has 2 N–H and O–H groups in total. The van der Waals surface area contributed by atoms with Gasteiger partial charge in [0.05, 0.1) is 12.7 Å². The van der Waals surface area contributed by atoms with Gasteiger partial charge in [0.25, 0.3) is 0 Å². The van der Waals surface area contributed by atoms with Gasteiger partial charge in [-0.25, -0.2) is 0 Å². The summed E-state index contributed by atoms with van der Waals surface area (Å²) in [6, 6.07) is 9.64. The van der Waals surface area contributed by atoms with Gasteiger partial charge in [-0.3, -0.25) is 4.79 Å². The lowest BCUT2D eigenvalue weighted by Crippen LogP contribution is -2.32. The molecular formula is C17H25NO3. The first-order valence-electron chi connectivity index (χ1n) is 7.86. The van der Waals surface area contributed by atoms with E-state index < -0.39 is 0 Å². The molecule has 1 fully saturated rings. The molecule has 0 spiro atoms. The number of amides is 1. The van der Waals surface area contributed by atoms with Crippen LogP contribution in [0, 0.1) is 5.92 Å². The van der Waals surface area contributed by atoms with Gasteiger partial charge in [0.2, 0.25) is 5.91 Å². The van der Waals surface area contributed by atoms with Crippen molar-refractivity contribution >= 4 is 5.91 Å². The molecule has 4 nitrogen and oxygen atoms in total. The van der Waals surface area contributed by atoms with Crippen LogP contribution in [-0.2, 0) is 4.79 Å². The number of benzene rings is 1. The summed E-state index contributed by atoms with van der Waals surface area (Å²) in [4.78, 5) is 11.7. The highest BCUT2D eigenvalue weighted by atomic mass is 16.5. The van der Waals surface area contributed by atoms with Crippen molar-refractivity contribution in [1.29, 1.82) is 0 Å². The number of nitrogens with one attached hydrogen (secondary N) is 1. The molecule has 2 rings (SSSR count). The number of rotatable bonds is 7. The smallest absolute Gasteiger partial charge is 0.220 e. The van der Waals surface area contributed by atoms with Gasteiger partial charge in [0.1, 0.15) is 5.75 Å². The quantitative estimate of drug-likeness (QED) is 0.759. The van der Waals surface area contributed by atoms with E-state index in [4.69, 9.17) is 4.74 Å². The van der Waals surface area contributed by atoms with Gasteiger partial charge in [-0.15, -0.1) is 0 Å². The number of para-hydroxylation sites is 1. The molecule has 0 saturated heterocycles. The Morgan fingerprint density at radius 3 is 2.62 bits per heavy atom. The first kappa shape index (κ1) is 15.8. The van der Waals surface area contributed by atoms with Gasteiger partial charge in [0.15, 0.2) is 0 Å². The minimum atomic E-state index is -0.132. The molecule has 0 bridgehead atoms. The van der Waals surface area contributed by atoms with E-state index in [0.29, 0.717) is 18.9 Å². The second-order valence-corrected chi connectivity index (χ2v) is 5.74. The summed E-state index contributed by atoms with van der Waals surface area (Å²) in [5, 5.41) is 12.4. The fraction of sp³-hybridized carbons (Fsp3) is 0.588. The molecule has 1 aliphatic rings. The molecular weight excluding hydrogens is 266 g/mol. The number of hydrogen-bond acceptors (Lipinski definition) is 3. The minimum absolute atomic E-state index is 0.0952. The van der Waals surface area contributed by atoms with Crippen molar-refractivity contribution in [2.45, 2.75) is 44.6 Å². The SMILES string of the molecule is O=C(CCCOc1ccccc1)NCC1CCC(O)CC1. The first-order chi connectivity index (χ1) is 10.2. The van der Waals surface area contributed by atoms with E-state index in [1.54, 1.807) is 0 Å². The van der Waals surface area contributed by atoms with Crippen LogP contribution in [-0.4, -0.2) is 30.3 Å². The fourth-order valence-corrected chi connectivity index (χ4v) is 2.64. The Hall–Kier alpha value is -1.55.